The number of hydrogen-bond acceptors (Lipinski definition) is 3. The Morgan fingerprint density at radius 3 is 3.07 bits per heavy atom. The van der Waals surface area contributed by atoms with Crippen LogP contribution < -0.4 is 0 Å². The van der Waals surface area contributed by atoms with Crippen molar-refractivity contribution < 1.29 is 4.39 Å². The molecule has 1 aromatic carbocycles. The summed E-state index contributed by atoms with van der Waals surface area (Å²) in [5, 5.41) is 9.25. The summed E-state index contributed by atoms with van der Waals surface area (Å²) in [5.41, 5.74) is 0.769. The Morgan fingerprint density at radius 1 is 1.57 bits per heavy atom. The number of nitrogens with zero attached hydrogens (tertiary/aromatic N) is 2. The van der Waals surface area contributed by atoms with Gasteiger partial charge in [-0.05, 0) is 34.7 Å². The second kappa shape index (κ2) is 3.79. The molecule has 0 saturated carbocycles. The molecule has 14 heavy (non-hydrogen) atoms. The molecular formula is C9H4FIN2S. The van der Waals surface area contributed by atoms with Crippen molar-refractivity contribution in [2.24, 2.45) is 0 Å². The van der Waals surface area contributed by atoms with E-state index in [4.69, 9.17) is 5.26 Å². The van der Waals surface area contributed by atoms with Crippen LogP contribution >= 0.6 is 33.9 Å². The van der Waals surface area contributed by atoms with Crippen molar-refractivity contribution in [3.05, 3.63) is 26.5 Å². The fourth-order valence-corrected chi connectivity index (χ4v) is 2.83. The highest BCUT2D eigenvalue weighted by atomic mass is 127. The third-order valence-electron chi connectivity index (χ3n) is 1.72. The van der Waals surface area contributed by atoms with Gasteiger partial charge in [0.1, 0.15) is 10.8 Å². The zero-order chi connectivity index (χ0) is 10.1. The van der Waals surface area contributed by atoms with E-state index in [1.54, 1.807) is 6.07 Å². The van der Waals surface area contributed by atoms with Crippen molar-refractivity contribution in [2.75, 3.05) is 0 Å². The van der Waals surface area contributed by atoms with Gasteiger partial charge in [-0.15, -0.1) is 11.3 Å². The lowest BCUT2D eigenvalue weighted by Crippen LogP contribution is -1.80. The van der Waals surface area contributed by atoms with Gasteiger partial charge in [-0.1, -0.05) is 0 Å². The number of nitriles is 1. The maximum atomic E-state index is 13.2. The zero-order valence-electron chi connectivity index (χ0n) is 6.92. The summed E-state index contributed by atoms with van der Waals surface area (Å²) in [7, 11) is 0. The molecule has 0 radical (unpaired) electrons. The van der Waals surface area contributed by atoms with E-state index in [2.05, 4.69) is 4.98 Å². The minimum atomic E-state index is -0.231. The molecule has 0 aliphatic carbocycles. The van der Waals surface area contributed by atoms with Gasteiger partial charge in [-0.3, -0.25) is 0 Å². The molecule has 0 saturated heterocycles. The average molecular weight is 318 g/mol. The molecule has 0 unspecified atom stereocenters. The van der Waals surface area contributed by atoms with E-state index in [9.17, 15) is 4.39 Å². The van der Waals surface area contributed by atoms with Crippen LogP contribution in [0.4, 0.5) is 4.39 Å². The molecule has 1 heterocycles. The van der Waals surface area contributed by atoms with Crippen molar-refractivity contribution in [2.45, 2.75) is 6.42 Å². The summed E-state index contributed by atoms with van der Waals surface area (Å²) in [4.78, 5) is 4.23. The van der Waals surface area contributed by atoms with Crippen molar-refractivity contribution in [3.63, 3.8) is 0 Å². The third-order valence-corrected chi connectivity index (χ3v) is 4.23. The van der Waals surface area contributed by atoms with Gasteiger partial charge in [-0.2, -0.15) is 5.26 Å². The molecule has 0 amide bonds. The van der Waals surface area contributed by atoms with E-state index in [0.29, 0.717) is 3.57 Å². The predicted molar refractivity (Wildman–Crippen MR) is 61.6 cm³/mol. The topological polar surface area (TPSA) is 36.7 Å². The number of hydrogen-bond donors (Lipinski definition) is 0. The second-order valence-electron chi connectivity index (χ2n) is 2.65. The quantitative estimate of drug-likeness (QED) is 0.758. The van der Waals surface area contributed by atoms with Crippen LogP contribution in [0.25, 0.3) is 10.2 Å². The van der Waals surface area contributed by atoms with Gasteiger partial charge in [0.2, 0.25) is 0 Å². The summed E-state index contributed by atoms with van der Waals surface area (Å²) < 4.78 is 14.6. The summed E-state index contributed by atoms with van der Waals surface area (Å²) >= 11 is 3.34. The fourth-order valence-electron chi connectivity index (χ4n) is 1.13. The van der Waals surface area contributed by atoms with Crippen LogP contribution in [0.2, 0.25) is 0 Å². The van der Waals surface area contributed by atoms with E-state index in [0.717, 1.165) is 15.2 Å². The number of rotatable bonds is 1. The van der Waals surface area contributed by atoms with E-state index in [-0.39, 0.29) is 12.2 Å². The van der Waals surface area contributed by atoms with E-state index in [1.165, 1.54) is 17.4 Å². The average Bonchev–Trinajstić information content (AvgIpc) is 2.56. The number of fused-ring (bicyclic) bond motifs is 1. The van der Waals surface area contributed by atoms with Crippen LogP contribution in [-0.2, 0) is 6.42 Å². The first-order valence-electron chi connectivity index (χ1n) is 3.82. The first-order chi connectivity index (χ1) is 6.72. The van der Waals surface area contributed by atoms with Gasteiger partial charge in [0.25, 0.3) is 0 Å². The van der Waals surface area contributed by atoms with Gasteiger partial charge < -0.3 is 0 Å². The van der Waals surface area contributed by atoms with Gasteiger partial charge in [0, 0.05) is 0 Å². The molecule has 1 aromatic heterocycles. The highest BCUT2D eigenvalue weighted by molar-refractivity contribution is 14.1. The lowest BCUT2D eigenvalue weighted by molar-refractivity contribution is 0.623. The second-order valence-corrected chi connectivity index (χ2v) is 4.81. The fraction of sp³-hybridized carbons (Fsp3) is 0.111. The molecular weight excluding hydrogens is 314 g/mol. The Hall–Kier alpha value is -0.740. The molecule has 70 valence electrons. The molecule has 2 nitrogen and oxygen atoms in total. The molecule has 5 heteroatoms. The monoisotopic (exact) mass is 318 g/mol. The summed E-state index contributed by atoms with van der Waals surface area (Å²) in [5.74, 6) is -0.231. The van der Waals surface area contributed by atoms with Crippen LogP contribution in [0.5, 0.6) is 0 Å². The normalized spacial score (nSPS) is 10.4. The van der Waals surface area contributed by atoms with Crippen LogP contribution in [0.3, 0.4) is 0 Å². The third kappa shape index (κ3) is 1.60. The standard InChI is InChI=1S/C9H4FIN2S/c10-5-1-2-6-9(8(5)11)14-7(13-6)3-4-12/h1-2H,3H2. The Morgan fingerprint density at radius 2 is 2.36 bits per heavy atom. The Bertz CT molecular complexity index is 529. The lowest BCUT2D eigenvalue weighted by atomic mass is 10.3. The molecule has 0 atom stereocenters. The Labute approximate surface area is 97.5 Å². The Kier molecular flexibility index (Phi) is 2.65. The molecule has 0 bridgehead atoms. The van der Waals surface area contributed by atoms with Crippen LogP contribution in [-0.4, -0.2) is 4.98 Å². The number of aromatic nitrogens is 1. The number of benzene rings is 1. The predicted octanol–water partition coefficient (Wildman–Crippen LogP) is 3.11. The van der Waals surface area contributed by atoms with Crippen molar-refractivity contribution in [3.8, 4) is 6.07 Å². The summed E-state index contributed by atoms with van der Waals surface area (Å²) in [6.07, 6.45) is 0.289. The minimum absolute atomic E-state index is 0.231. The SMILES string of the molecule is N#CCc1nc2ccc(F)c(I)c2s1. The van der Waals surface area contributed by atoms with Gasteiger partial charge >= 0.3 is 0 Å². The minimum Gasteiger partial charge on any atom is -0.240 e. The van der Waals surface area contributed by atoms with E-state index >= 15 is 0 Å². The van der Waals surface area contributed by atoms with Gasteiger partial charge in [0.05, 0.1) is 26.3 Å². The van der Waals surface area contributed by atoms with Crippen LogP contribution in [0.15, 0.2) is 12.1 Å². The van der Waals surface area contributed by atoms with Gasteiger partial charge in [-0.25, -0.2) is 9.37 Å². The molecule has 0 fully saturated rings. The maximum Gasteiger partial charge on any atom is 0.138 e. The highest BCUT2D eigenvalue weighted by Gasteiger charge is 2.09. The highest BCUT2D eigenvalue weighted by Crippen LogP contribution is 2.28. The van der Waals surface area contributed by atoms with E-state index in [1.807, 2.05) is 28.7 Å². The lowest BCUT2D eigenvalue weighted by Gasteiger charge is -1.92. The molecule has 0 spiro atoms. The first kappa shape index (κ1) is 9.80. The van der Waals surface area contributed by atoms with Crippen LogP contribution in [0, 0.1) is 20.7 Å². The number of halogens is 2. The Balaban J connectivity index is 2.66. The first-order valence-corrected chi connectivity index (χ1v) is 5.72. The maximum absolute atomic E-state index is 13.2. The number of thiazole rings is 1. The van der Waals surface area contributed by atoms with Gasteiger partial charge in [0.15, 0.2) is 0 Å². The largest absolute Gasteiger partial charge is 0.240 e. The van der Waals surface area contributed by atoms with Crippen molar-refractivity contribution in [1.29, 1.82) is 5.26 Å². The van der Waals surface area contributed by atoms with E-state index < -0.39 is 0 Å². The molecule has 0 aliphatic heterocycles. The molecule has 2 aromatic rings. The van der Waals surface area contributed by atoms with Crippen LogP contribution in [0.1, 0.15) is 5.01 Å². The summed E-state index contributed by atoms with van der Waals surface area (Å²) in [6.45, 7) is 0. The smallest absolute Gasteiger partial charge is 0.138 e. The molecule has 2 rings (SSSR count). The molecule has 0 aliphatic rings. The zero-order valence-corrected chi connectivity index (χ0v) is 9.89. The van der Waals surface area contributed by atoms with Crippen molar-refractivity contribution in [1.82, 2.24) is 4.98 Å². The molecule has 0 N–H and O–H groups in total. The summed E-state index contributed by atoms with van der Waals surface area (Å²) in [6, 6.07) is 5.08. The van der Waals surface area contributed by atoms with Crippen molar-refractivity contribution >= 4 is 44.1 Å².